The third-order valence-corrected chi connectivity index (χ3v) is 7.78. The Kier molecular flexibility index (Phi) is 10.0. The van der Waals surface area contributed by atoms with Crippen molar-refractivity contribution in [3.63, 3.8) is 0 Å². The summed E-state index contributed by atoms with van der Waals surface area (Å²) >= 11 is 0. The van der Waals surface area contributed by atoms with Gasteiger partial charge in [0.2, 0.25) is 5.79 Å². The first-order valence-electron chi connectivity index (χ1n) is 12.1. The Bertz CT molecular complexity index is 815. The van der Waals surface area contributed by atoms with Gasteiger partial charge in [0.05, 0.1) is 23.4 Å². The summed E-state index contributed by atoms with van der Waals surface area (Å²) in [6.45, 7) is 12.5. The molecule has 200 valence electrons. The fourth-order valence-electron chi connectivity index (χ4n) is 5.05. The van der Waals surface area contributed by atoms with Crippen LogP contribution in [0.1, 0.15) is 61.3 Å². The third-order valence-electron chi connectivity index (χ3n) is 6.94. The van der Waals surface area contributed by atoms with E-state index in [9.17, 15) is 14.2 Å². The van der Waals surface area contributed by atoms with E-state index in [0.29, 0.717) is 24.2 Å². The molecule has 1 saturated heterocycles. The number of esters is 1. The minimum absolute atomic E-state index is 0.0256. The van der Waals surface area contributed by atoms with Crippen molar-refractivity contribution in [2.45, 2.75) is 103 Å². The second-order valence-corrected chi connectivity index (χ2v) is 11.5. The average molecular weight is 516 g/mol. The molecule has 0 amide bonds. The van der Waals surface area contributed by atoms with Gasteiger partial charge in [0.15, 0.2) is 14.8 Å². The summed E-state index contributed by atoms with van der Waals surface area (Å²) in [5, 5.41) is 0. The molecule has 0 aromatic carbocycles. The molecule has 8 atom stereocenters. The van der Waals surface area contributed by atoms with Gasteiger partial charge in [-0.3, -0.25) is 4.57 Å². The van der Waals surface area contributed by atoms with E-state index in [1.807, 2.05) is 46.7 Å². The van der Waals surface area contributed by atoms with Crippen LogP contribution in [0.4, 0.5) is 0 Å². The van der Waals surface area contributed by atoms with Crippen molar-refractivity contribution < 1.29 is 37.8 Å². The lowest BCUT2D eigenvalue weighted by molar-refractivity contribution is -0.265. The van der Waals surface area contributed by atoms with Gasteiger partial charge in [0.1, 0.15) is 17.7 Å². The zero-order chi connectivity index (χ0) is 26.7. The molecule has 0 N–H and O–H groups in total. The van der Waals surface area contributed by atoms with Crippen molar-refractivity contribution in [1.82, 2.24) is 4.90 Å². The summed E-state index contributed by atoms with van der Waals surface area (Å²) in [5.41, 5.74) is -1.05. The number of cyclic esters (lactones) is 1. The van der Waals surface area contributed by atoms with E-state index in [-0.39, 0.29) is 26.5 Å². The Hall–Kier alpha value is -1.38. The van der Waals surface area contributed by atoms with E-state index < -0.39 is 41.3 Å². The van der Waals surface area contributed by atoms with Crippen LogP contribution >= 0.6 is 8.46 Å². The number of hydrogen-bond donors (Lipinski definition) is 0. The number of carbonyl (C=O) groups is 2. The molecule has 2 aliphatic heterocycles. The molecule has 0 radical (unpaired) electrons. The summed E-state index contributed by atoms with van der Waals surface area (Å²) in [4.78, 5) is 26.2. The van der Waals surface area contributed by atoms with Gasteiger partial charge in [-0.2, -0.15) is 0 Å². The number of methoxy groups -OCH3 is 1. The summed E-state index contributed by atoms with van der Waals surface area (Å²) in [6.07, 6.45) is 0.323. The van der Waals surface area contributed by atoms with Gasteiger partial charge < -0.3 is 33.4 Å². The number of aldehydes is 1. The highest BCUT2D eigenvalue weighted by Crippen LogP contribution is 2.41. The maximum absolute atomic E-state index is 12.6. The average Bonchev–Trinajstić information content (AvgIpc) is 2.78. The monoisotopic (exact) mass is 515 g/mol. The van der Waals surface area contributed by atoms with Gasteiger partial charge >= 0.3 is 5.97 Å². The molecular weight excluding hydrogens is 473 g/mol. The van der Waals surface area contributed by atoms with Gasteiger partial charge in [-0.15, -0.1) is 0 Å². The smallest absolute Gasteiger partial charge is 0.340 e. The van der Waals surface area contributed by atoms with E-state index in [0.717, 1.165) is 6.29 Å². The van der Waals surface area contributed by atoms with Crippen molar-refractivity contribution in [2.75, 3.05) is 21.2 Å². The van der Waals surface area contributed by atoms with E-state index in [4.69, 9.17) is 23.7 Å². The molecule has 2 heterocycles. The van der Waals surface area contributed by atoms with Crippen molar-refractivity contribution in [3.05, 3.63) is 11.3 Å². The molecule has 1 fully saturated rings. The molecule has 2 aliphatic rings. The Morgan fingerprint density at radius 2 is 1.91 bits per heavy atom. The van der Waals surface area contributed by atoms with Crippen LogP contribution in [-0.2, 0) is 37.8 Å². The maximum atomic E-state index is 12.6. The number of ether oxygens (including phenoxy) is 5. The maximum Gasteiger partial charge on any atom is 0.340 e. The Morgan fingerprint density at radius 1 is 1.29 bits per heavy atom. The first-order chi connectivity index (χ1) is 16.2. The third kappa shape index (κ3) is 6.89. The molecule has 0 aromatic rings. The Labute approximate surface area is 211 Å². The van der Waals surface area contributed by atoms with Crippen molar-refractivity contribution in [1.29, 1.82) is 0 Å². The molecule has 0 spiro atoms. The SMILES string of the molecule is CO[C@@](C)(C[C@@H](C)C=O)[C@H](O[C@@H]1OC(C)CC(N(C)C)C1P=O)[C@@H](C)C1=C(C)C(=O)OC(C)(C)O1. The molecule has 0 saturated carbocycles. The fourth-order valence-corrected chi connectivity index (χ4v) is 5.82. The lowest BCUT2D eigenvalue weighted by Crippen LogP contribution is -2.57. The van der Waals surface area contributed by atoms with Crippen molar-refractivity contribution >= 4 is 20.7 Å². The minimum atomic E-state index is -1.15. The zero-order valence-corrected chi connectivity index (χ0v) is 23.6. The number of rotatable bonds is 11. The fraction of sp³-hybridized carbons (Fsp3) is 0.840. The largest absolute Gasteiger partial charge is 0.456 e. The molecule has 0 bridgehead atoms. The lowest BCUT2D eigenvalue weighted by atomic mass is 9.81. The first-order valence-corrected chi connectivity index (χ1v) is 13.0. The molecule has 0 aromatic heterocycles. The van der Waals surface area contributed by atoms with E-state index in [1.165, 1.54) is 0 Å². The second-order valence-electron chi connectivity index (χ2n) is 10.7. The number of carbonyl (C=O) groups excluding carboxylic acids is 2. The number of nitrogens with zero attached hydrogens (tertiary/aromatic N) is 1. The van der Waals surface area contributed by atoms with Crippen molar-refractivity contribution in [3.8, 4) is 0 Å². The van der Waals surface area contributed by atoms with Crippen LogP contribution in [0.15, 0.2) is 11.3 Å². The van der Waals surface area contributed by atoms with Crippen LogP contribution in [-0.4, -0.2) is 79.9 Å². The summed E-state index contributed by atoms with van der Waals surface area (Å²) < 4.78 is 42.6. The van der Waals surface area contributed by atoms with Gasteiger partial charge in [-0.1, -0.05) is 13.8 Å². The topological polar surface area (TPSA) is 101 Å². The summed E-state index contributed by atoms with van der Waals surface area (Å²) in [7, 11) is 5.37. The quantitative estimate of drug-likeness (QED) is 0.230. The van der Waals surface area contributed by atoms with Crippen LogP contribution in [0.3, 0.4) is 0 Å². The molecule has 10 heteroatoms. The van der Waals surface area contributed by atoms with Gasteiger partial charge in [0.25, 0.3) is 0 Å². The first kappa shape index (κ1) is 29.8. The van der Waals surface area contributed by atoms with Crippen LogP contribution < -0.4 is 0 Å². The zero-order valence-electron chi connectivity index (χ0n) is 22.7. The highest BCUT2D eigenvalue weighted by Gasteiger charge is 2.49. The van der Waals surface area contributed by atoms with E-state index >= 15 is 0 Å². The van der Waals surface area contributed by atoms with Gasteiger partial charge in [0, 0.05) is 38.8 Å². The Balaban J connectivity index is 2.55. The van der Waals surface area contributed by atoms with Crippen molar-refractivity contribution in [2.24, 2.45) is 11.8 Å². The van der Waals surface area contributed by atoms with Crippen LogP contribution in [0.2, 0.25) is 0 Å². The van der Waals surface area contributed by atoms with E-state index in [2.05, 4.69) is 0 Å². The summed E-state index contributed by atoms with van der Waals surface area (Å²) in [5.74, 6) is -1.97. The lowest BCUT2D eigenvalue weighted by Gasteiger charge is -2.47. The molecular formula is C25H42NO8P. The summed E-state index contributed by atoms with van der Waals surface area (Å²) in [6, 6.07) is -0.0256. The second kappa shape index (κ2) is 11.8. The standard InChI is InChI=1S/C25H42NO8P/c1-14(13-27)12-25(7,30-10)21(16(3)19-17(4)22(28)34-24(5,6)33-19)32-23-20(35-29)18(26(8)9)11-15(2)31-23/h13-16,18,20-21,23H,11-12H2,1-10H3/t14-,15?,16+,18?,20?,21-,23+,25+/m1/s1. The van der Waals surface area contributed by atoms with Crippen LogP contribution in [0, 0.1) is 11.8 Å². The minimum Gasteiger partial charge on any atom is -0.456 e. The van der Waals surface area contributed by atoms with Crippen LogP contribution in [0.25, 0.3) is 0 Å². The highest BCUT2D eigenvalue weighted by molar-refractivity contribution is 7.24. The van der Waals surface area contributed by atoms with E-state index in [1.54, 1.807) is 27.9 Å². The molecule has 9 nitrogen and oxygen atoms in total. The molecule has 0 aliphatic carbocycles. The predicted molar refractivity (Wildman–Crippen MR) is 131 cm³/mol. The van der Waals surface area contributed by atoms with Gasteiger partial charge in [-0.25, -0.2) is 4.79 Å². The molecule has 35 heavy (non-hydrogen) atoms. The number of hydrogen-bond acceptors (Lipinski definition) is 9. The normalized spacial score (nSPS) is 31.3. The molecule has 3 unspecified atom stereocenters. The predicted octanol–water partition coefficient (Wildman–Crippen LogP) is 3.95. The highest BCUT2D eigenvalue weighted by atomic mass is 31.1. The van der Waals surface area contributed by atoms with Gasteiger partial charge in [-0.05, 0) is 47.7 Å². The molecule has 2 rings (SSSR count). The van der Waals surface area contributed by atoms with Crippen LogP contribution in [0.5, 0.6) is 0 Å². The Morgan fingerprint density at radius 3 is 2.43 bits per heavy atom.